The summed E-state index contributed by atoms with van der Waals surface area (Å²) < 4.78 is 21.3. The second kappa shape index (κ2) is 9.90. The molecule has 0 unspecified atom stereocenters. The van der Waals surface area contributed by atoms with Crippen molar-refractivity contribution in [2.24, 2.45) is 5.41 Å². The predicted molar refractivity (Wildman–Crippen MR) is 139 cm³/mol. The number of carbonyl (C=O) groups is 1. The summed E-state index contributed by atoms with van der Waals surface area (Å²) in [5.74, 6) is -2.03. The molecule has 0 radical (unpaired) electrons. The molecule has 8 heteroatoms. The average Bonchev–Trinajstić information content (AvgIpc) is 3.00. The average molecular weight is 540 g/mol. The van der Waals surface area contributed by atoms with Gasteiger partial charge in [0, 0.05) is 32.6 Å². The van der Waals surface area contributed by atoms with E-state index in [1.54, 1.807) is 45.0 Å². The van der Waals surface area contributed by atoms with E-state index in [-0.39, 0.29) is 21.0 Å². The first-order valence-corrected chi connectivity index (χ1v) is 12.5. The Morgan fingerprint density at radius 1 is 1.09 bits per heavy atom. The number of rotatable bonds is 4. The second-order valence-corrected chi connectivity index (χ2v) is 12.5. The molecule has 1 aliphatic rings. The van der Waals surface area contributed by atoms with Crippen molar-refractivity contribution in [3.8, 4) is 6.07 Å². The van der Waals surface area contributed by atoms with Gasteiger partial charge in [-0.15, -0.1) is 0 Å². The van der Waals surface area contributed by atoms with Crippen molar-refractivity contribution >= 4 is 40.8 Å². The number of carbonyl (C=O) groups excluding carboxylic acids is 1. The van der Waals surface area contributed by atoms with Gasteiger partial charge in [-0.2, -0.15) is 5.26 Å². The number of ether oxygens (including phenoxy) is 1. The third-order valence-electron chi connectivity index (χ3n) is 6.09. The van der Waals surface area contributed by atoms with E-state index in [0.717, 1.165) is 0 Å². The first-order chi connectivity index (χ1) is 16.1. The Labute approximate surface area is 221 Å². The minimum absolute atomic E-state index is 0.147. The van der Waals surface area contributed by atoms with Gasteiger partial charge in [-0.25, -0.2) is 4.39 Å². The number of benzene rings is 2. The lowest BCUT2D eigenvalue weighted by Gasteiger charge is -2.37. The Balaban J connectivity index is 2.35. The number of nitriles is 1. The number of hydrogen-bond donors (Lipinski definition) is 1. The highest BCUT2D eigenvalue weighted by Crippen LogP contribution is 2.53. The molecule has 0 aromatic heterocycles. The van der Waals surface area contributed by atoms with Gasteiger partial charge in [0.1, 0.15) is 22.9 Å². The summed E-state index contributed by atoms with van der Waals surface area (Å²) in [6.45, 7) is 11.4. The van der Waals surface area contributed by atoms with Crippen molar-refractivity contribution in [1.29, 1.82) is 5.26 Å². The molecule has 2 aromatic carbocycles. The first kappa shape index (κ1) is 27.7. The molecule has 1 heterocycles. The van der Waals surface area contributed by atoms with Crippen molar-refractivity contribution in [3.05, 3.63) is 68.4 Å². The maximum absolute atomic E-state index is 15.6. The highest BCUT2D eigenvalue weighted by Gasteiger charge is 2.61. The lowest BCUT2D eigenvalue weighted by atomic mass is 9.63. The standard InChI is InChI=1S/C27H30Cl3FN2O2/c1-25(2,3)13-21-27(14-32,18-10-8-16(29)12-20(18)31)22(17-9-7-15(28)11-19(17)30)23(33-21)24(34)35-26(4,5)6/h7-12,21-23,33H,13H2,1-6H3/t21-,22+,23+,27-/m0/s1. The number of nitrogens with zero attached hydrogens (tertiary/aromatic N) is 1. The summed E-state index contributed by atoms with van der Waals surface area (Å²) in [5.41, 5.74) is -1.86. The van der Waals surface area contributed by atoms with Crippen molar-refractivity contribution in [1.82, 2.24) is 5.32 Å². The molecule has 0 aliphatic carbocycles. The van der Waals surface area contributed by atoms with Crippen LogP contribution in [0.3, 0.4) is 0 Å². The minimum Gasteiger partial charge on any atom is -0.459 e. The van der Waals surface area contributed by atoms with Crippen LogP contribution in [-0.4, -0.2) is 23.7 Å². The van der Waals surface area contributed by atoms with Crippen LogP contribution in [0, 0.1) is 22.6 Å². The molecule has 1 N–H and O–H groups in total. The van der Waals surface area contributed by atoms with E-state index in [2.05, 4.69) is 11.4 Å². The zero-order valence-electron chi connectivity index (χ0n) is 20.7. The molecule has 1 fully saturated rings. The molecule has 0 amide bonds. The van der Waals surface area contributed by atoms with E-state index in [1.807, 2.05) is 20.8 Å². The Hall–Kier alpha value is -1.84. The largest absolute Gasteiger partial charge is 0.459 e. The Morgan fingerprint density at radius 3 is 2.20 bits per heavy atom. The SMILES string of the molecule is CC(C)(C)C[C@@H]1N[C@@H](C(=O)OC(C)(C)C)[C@@H](c2ccc(Cl)cc2Cl)[C@@]1(C#N)c1ccc(Cl)cc1F. The maximum Gasteiger partial charge on any atom is 0.324 e. The van der Waals surface area contributed by atoms with E-state index >= 15 is 4.39 Å². The molecule has 2 aromatic rings. The van der Waals surface area contributed by atoms with E-state index in [1.165, 1.54) is 12.1 Å². The monoisotopic (exact) mass is 538 g/mol. The van der Waals surface area contributed by atoms with Gasteiger partial charge in [0.2, 0.25) is 0 Å². The molecular weight excluding hydrogens is 510 g/mol. The predicted octanol–water partition coefficient (Wildman–Crippen LogP) is 7.45. The van der Waals surface area contributed by atoms with Crippen LogP contribution >= 0.6 is 34.8 Å². The molecule has 3 rings (SSSR count). The van der Waals surface area contributed by atoms with Crippen LogP contribution < -0.4 is 5.32 Å². The van der Waals surface area contributed by atoms with E-state index in [4.69, 9.17) is 39.5 Å². The normalized spacial score (nSPS) is 24.8. The van der Waals surface area contributed by atoms with E-state index in [9.17, 15) is 10.1 Å². The lowest BCUT2D eigenvalue weighted by molar-refractivity contribution is -0.157. The molecule has 1 aliphatic heterocycles. The second-order valence-electron chi connectivity index (χ2n) is 11.2. The van der Waals surface area contributed by atoms with Gasteiger partial charge in [0.05, 0.1) is 6.07 Å². The summed E-state index contributed by atoms with van der Waals surface area (Å²) in [5, 5.41) is 15.1. The molecule has 0 spiro atoms. The molecule has 4 nitrogen and oxygen atoms in total. The lowest BCUT2D eigenvalue weighted by Crippen LogP contribution is -2.44. The number of nitrogens with one attached hydrogen (secondary N) is 1. The maximum atomic E-state index is 15.6. The van der Waals surface area contributed by atoms with Crippen LogP contribution in [0.5, 0.6) is 0 Å². The number of esters is 1. The summed E-state index contributed by atoms with van der Waals surface area (Å²) in [6, 6.07) is 10.0. The molecule has 4 atom stereocenters. The van der Waals surface area contributed by atoms with Crippen LogP contribution in [0.1, 0.15) is 65.0 Å². The van der Waals surface area contributed by atoms with E-state index < -0.39 is 40.8 Å². The number of halogens is 4. The minimum atomic E-state index is -1.50. The van der Waals surface area contributed by atoms with Crippen LogP contribution in [-0.2, 0) is 14.9 Å². The van der Waals surface area contributed by atoms with Crippen molar-refractivity contribution in [3.63, 3.8) is 0 Å². The smallest absolute Gasteiger partial charge is 0.324 e. The third-order valence-corrected chi connectivity index (χ3v) is 6.89. The van der Waals surface area contributed by atoms with E-state index in [0.29, 0.717) is 17.0 Å². The topological polar surface area (TPSA) is 62.1 Å². The van der Waals surface area contributed by atoms with Crippen molar-refractivity contribution in [2.75, 3.05) is 0 Å². The summed E-state index contributed by atoms with van der Waals surface area (Å²) in [6.07, 6.45) is 0.476. The van der Waals surface area contributed by atoms with Gasteiger partial charge in [-0.05, 0) is 62.4 Å². The van der Waals surface area contributed by atoms with Crippen LogP contribution in [0.2, 0.25) is 15.1 Å². The van der Waals surface area contributed by atoms with Crippen LogP contribution in [0.25, 0.3) is 0 Å². The molecule has 0 saturated carbocycles. The molecule has 35 heavy (non-hydrogen) atoms. The Morgan fingerprint density at radius 2 is 1.69 bits per heavy atom. The molecule has 1 saturated heterocycles. The fourth-order valence-corrected chi connectivity index (χ4v) is 5.58. The fraction of sp³-hybridized carbons (Fsp3) is 0.481. The zero-order valence-corrected chi connectivity index (χ0v) is 22.9. The van der Waals surface area contributed by atoms with Gasteiger partial charge < -0.3 is 4.74 Å². The molecule has 188 valence electrons. The van der Waals surface area contributed by atoms with Gasteiger partial charge >= 0.3 is 5.97 Å². The van der Waals surface area contributed by atoms with Gasteiger partial charge in [0.25, 0.3) is 0 Å². The van der Waals surface area contributed by atoms with Gasteiger partial charge in [0.15, 0.2) is 0 Å². The molecule has 0 bridgehead atoms. The fourth-order valence-electron chi connectivity index (χ4n) is 4.89. The van der Waals surface area contributed by atoms with Gasteiger partial charge in [-0.3, -0.25) is 10.1 Å². The summed E-state index contributed by atoms with van der Waals surface area (Å²) in [7, 11) is 0. The summed E-state index contributed by atoms with van der Waals surface area (Å²) >= 11 is 18.9. The van der Waals surface area contributed by atoms with Crippen molar-refractivity contribution in [2.45, 2.75) is 77.0 Å². The highest BCUT2D eigenvalue weighted by molar-refractivity contribution is 6.35. The molecular formula is C27H30Cl3FN2O2. The third kappa shape index (κ3) is 5.78. The quantitative estimate of drug-likeness (QED) is 0.410. The Bertz CT molecular complexity index is 1170. The number of hydrogen-bond acceptors (Lipinski definition) is 4. The van der Waals surface area contributed by atoms with Crippen LogP contribution in [0.4, 0.5) is 4.39 Å². The zero-order chi connectivity index (χ0) is 26.3. The summed E-state index contributed by atoms with van der Waals surface area (Å²) in [4.78, 5) is 13.5. The Kier molecular flexibility index (Phi) is 7.85. The van der Waals surface area contributed by atoms with Gasteiger partial charge in [-0.1, -0.05) is 67.7 Å². The van der Waals surface area contributed by atoms with Crippen molar-refractivity contribution < 1.29 is 13.9 Å². The van der Waals surface area contributed by atoms with Crippen LogP contribution in [0.15, 0.2) is 36.4 Å². The first-order valence-electron chi connectivity index (χ1n) is 11.4. The highest BCUT2D eigenvalue weighted by atomic mass is 35.5.